The third-order valence-corrected chi connectivity index (χ3v) is 3.37. The number of amides is 2. The van der Waals surface area contributed by atoms with Gasteiger partial charge >= 0.3 is 6.18 Å². The third kappa shape index (κ3) is 3.86. The van der Waals surface area contributed by atoms with Crippen molar-refractivity contribution in [3.05, 3.63) is 28.8 Å². The zero-order valence-corrected chi connectivity index (χ0v) is 12.3. The van der Waals surface area contributed by atoms with Crippen molar-refractivity contribution in [3.8, 4) is 0 Å². The van der Waals surface area contributed by atoms with E-state index >= 15 is 0 Å². The van der Waals surface area contributed by atoms with Gasteiger partial charge in [0.25, 0.3) is 0 Å². The van der Waals surface area contributed by atoms with Crippen LogP contribution in [0.25, 0.3) is 0 Å². The molecule has 1 heterocycles. The predicted molar refractivity (Wildman–Crippen MR) is 77.4 cm³/mol. The van der Waals surface area contributed by atoms with E-state index in [1.54, 1.807) is 0 Å². The van der Waals surface area contributed by atoms with Crippen molar-refractivity contribution < 1.29 is 22.8 Å². The Labute approximate surface area is 133 Å². The number of carbonyl (C=O) groups is 2. The summed E-state index contributed by atoms with van der Waals surface area (Å²) in [5.41, 5.74) is -1.12. The van der Waals surface area contributed by atoms with E-state index in [1.807, 2.05) is 0 Å². The van der Waals surface area contributed by atoms with Crippen LogP contribution in [0, 0.1) is 0 Å². The molecule has 1 unspecified atom stereocenters. The van der Waals surface area contributed by atoms with Gasteiger partial charge in [0.15, 0.2) is 5.11 Å². The summed E-state index contributed by atoms with van der Waals surface area (Å²) in [5, 5.41) is 7.18. The first-order valence-corrected chi connectivity index (χ1v) is 6.73. The van der Waals surface area contributed by atoms with Gasteiger partial charge in [-0.1, -0.05) is 11.6 Å². The lowest BCUT2D eigenvalue weighted by molar-refractivity contribution is -0.137. The number of anilines is 1. The Hall–Kier alpha value is -1.87. The maximum absolute atomic E-state index is 12.6. The van der Waals surface area contributed by atoms with Crippen molar-refractivity contribution in [2.24, 2.45) is 0 Å². The number of carbonyl (C=O) groups excluding carboxylic acids is 2. The molecule has 0 saturated carbocycles. The third-order valence-electron chi connectivity index (χ3n) is 2.82. The van der Waals surface area contributed by atoms with E-state index in [4.69, 9.17) is 23.8 Å². The first kappa shape index (κ1) is 16.5. The number of nitrogens with one attached hydrogen (secondary N) is 3. The molecule has 1 aromatic carbocycles. The SMILES string of the molecule is O=C(CC1NC(=S)NC1=O)Nc1cc(C(F)(F)F)ccc1Cl. The summed E-state index contributed by atoms with van der Waals surface area (Å²) in [4.78, 5) is 23.2. The largest absolute Gasteiger partial charge is 0.416 e. The van der Waals surface area contributed by atoms with Crippen LogP contribution >= 0.6 is 23.8 Å². The van der Waals surface area contributed by atoms with Crippen LogP contribution in [-0.4, -0.2) is 23.0 Å². The maximum atomic E-state index is 12.6. The Morgan fingerprint density at radius 2 is 2.09 bits per heavy atom. The highest BCUT2D eigenvalue weighted by Crippen LogP contribution is 2.33. The first-order valence-electron chi connectivity index (χ1n) is 5.95. The van der Waals surface area contributed by atoms with Crippen LogP contribution < -0.4 is 16.0 Å². The van der Waals surface area contributed by atoms with E-state index in [9.17, 15) is 22.8 Å². The molecule has 22 heavy (non-hydrogen) atoms. The summed E-state index contributed by atoms with van der Waals surface area (Å²) < 4.78 is 37.9. The molecule has 0 radical (unpaired) electrons. The highest BCUT2D eigenvalue weighted by molar-refractivity contribution is 7.80. The number of rotatable bonds is 3. The monoisotopic (exact) mass is 351 g/mol. The molecule has 0 aliphatic carbocycles. The van der Waals surface area contributed by atoms with Crippen LogP contribution in [-0.2, 0) is 15.8 Å². The highest BCUT2D eigenvalue weighted by Gasteiger charge is 2.32. The minimum absolute atomic E-state index is 0.0410. The minimum Gasteiger partial charge on any atom is -0.350 e. The Kier molecular flexibility index (Phi) is 4.57. The van der Waals surface area contributed by atoms with Crippen LogP contribution in [0.3, 0.4) is 0 Å². The van der Waals surface area contributed by atoms with Crippen molar-refractivity contribution in [2.75, 3.05) is 5.32 Å². The molecule has 0 aromatic heterocycles. The van der Waals surface area contributed by atoms with Crippen LogP contribution in [0.4, 0.5) is 18.9 Å². The molecular weight excluding hydrogens is 343 g/mol. The Morgan fingerprint density at radius 1 is 1.41 bits per heavy atom. The number of halogens is 4. The van der Waals surface area contributed by atoms with E-state index < -0.39 is 29.6 Å². The lowest BCUT2D eigenvalue weighted by Crippen LogP contribution is -2.33. The standard InChI is InChI=1S/C12H9ClF3N3O2S/c13-6-2-1-5(12(14,15)16)3-7(6)17-9(20)4-8-10(21)19-11(22)18-8/h1-3,8H,4H2,(H,17,20)(H2,18,19,21,22). The summed E-state index contributed by atoms with van der Waals surface area (Å²) in [6.07, 6.45) is -4.85. The van der Waals surface area contributed by atoms with Gasteiger partial charge in [0.2, 0.25) is 11.8 Å². The molecule has 118 valence electrons. The van der Waals surface area contributed by atoms with Crippen molar-refractivity contribution in [1.29, 1.82) is 0 Å². The van der Waals surface area contributed by atoms with E-state index in [0.29, 0.717) is 0 Å². The quantitative estimate of drug-likeness (QED) is 0.729. The molecule has 1 aliphatic heterocycles. The zero-order valence-electron chi connectivity index (χ0n) is 10.8. The highest BCUT2D eigenvalue weighted by atomic mass is 35.5. The summed E-state index contributed by atoms with van der Waals surface area (Å²) in [5.74, 6) is -1.14. The van der Waals surface area contributed by atoms with Crippen molar-refractivity contribution in [3.63, 3.8) is 0 Å². The average molecular weight is 352 g/mol. The van der Waals surface area contributed by atoms with Crippen molar-refractivity contribution in [2.45, 2.75) is 18.6 Å². The summed E-state index contributed by atoms with van der Waals surface area (Å²) in [6, 6.07) is 1.71. The fourth-order valence-corrected chi connectivity index (χ4v) is 2.19. The van der Waals surface area contributed by atoms with Gasteiger partial charge in [0.1, 0.15) is 6.04 Å². The molecule has 2 rings (SSSR count). The number of benzene rings is 1. The van der Waals surface area contributed by atoms with Gasteiger partial charge in [0, 0.05) is 0 Å². The normalized spacial score (nSPS) is 17.9. The molecular formula is C12H9ClF3N3O2S. The molecule has 0 spiro atoms. The molecule has 0 bridgehead atoms. The molecule has 1 saturated heterocycles. The topological polar surface area (TPSA) is 70.2 Å². The molecule has 1 aromatic rings. The molecule has 2 amide bonds. The fraction of sp³-hybridized carbons (Fsp3) is 0.250. The second-order valence-corrected chi connectivity index (χ2v) is 5.28. The fourth-order valence-electron chi connectivity index (χ4n) is 1.79. The van der Waals surface area contributed by atoms with Gasteiger partial charge in [-0.25, -0.2) is 0 Å². The van der Waals surface area contributed by atoms with Gasteiger partial charge < -0.3 is 16.0 Å². The molecule has 1 fully saturated rings. The molecule has 1 atom stereocenters. The number of alkyl halides is 3. The second kappa shape index (κ2) is 6.09. The Balaban J connectivity index is 2.08. The number of hydrogen-bond acceptors (Lipinski definition) is 3. The maximum Gasteiger partial charge on any atom is 0.416 e. The molecule has 3 N–H and O–H groups in total. The summed E-state index contributed by atoms with van der Waals surface area (Å²) in [7, 11) is 0. The zero-order chi connectivity index (χ0) is 16.5. The lowest BCUT2D eigenvalue weighted by atomic mass is 10.1. The van der Waals surface area contributed by atoms with Gasteiger partial charge in [-0.2, -0.15) is 13.2 Å². The van der Waals surface area contributed by atoms with E-state index in [2.05, 4.69) is 16.0 Å². The van der Waals surface area contributed by atoms with Crippen LogP contribution in [0.2, 0.25) is 5.02 Å². The van der Waals surface area contributed by atoms with Crippen LogP contribution in [0.5, 0.6) is 0 Å². The lowest BCUT2D eigenvalue weighted by Gasteiger charge is -2.12. The summed E-state index contributed by atoms with van der Waals surface area (Å²) in [6.45, 7) is 0. The second-order valence-electron chi connectivity index (χ2n) is 4.46. The molecule has 5 nitrogen and oxygen atoms in total. The number of thiocarbonyl (C=S) groups is 1. The first-order chi connectivity index (χ1) is 10.2. The smallest absolute Gasteiger partial charge is 0.350 e. The Bertz CT molecular complexity index is 651. The van der Waals surface area contributed by atoms with E-state index in [1.165, 1.54) is 0 Å². The van der Waals surface area contributed by atoms with E-state index in [-0.39, 0.29) is 22.2 Å². The van der Waals surface area contributed by atoms with Crippen molar-refractivity contribution in [1.82, 2.24) is 10.6 Å². The van der Waals surface area contributed by atoms with Gasteiger partial charge in [-0.05, 0) is 30.4 Å². The Morgan fingerprint density at radius 3 is 2.64 bits per heavy atom. The number of hydrogen-bond donors (Lipinski definition) is 3. The van der Waals surface area contributed by atoms with Gasteiger partial charge in [0.05, 0.1) is 22.7 Å². The molecule has 1 aliphatic rings. The van der Waals surface area contributed by atoms with Crippen LogP contribution in [0.15, 0.2) is 18.2 Å². The van der Waals surface area contributed by atoms with Gasteiger partial charge in [-0.15, -0.1) is 0 Å². The molecule has 10 heteroatoms. The van der Waals surface area contributed by atoms with Crippen molar-refractivity contribution >= 4 is 46.4 Å². The summed E-state index contributed by atoms with van der Waals surface area (Å²) >= 11 is 10.5. The van der Waals surface area contributed by atoms with Crippen LogP contribution in [0.1, 0.15) is 12.0 Å². The van der Waals surface area contributed by atoms with Gasteiger partial charge in [-0.3, -0.25) is 9.59 Å². The predicted octanol–water partition coefficient (Wildman–Crippen LogP) is 2.06. The van der Waals surface area contributed by atoms with E-state index in [0.717, 1.165) is 18.2 Å². The average Bonchev–Trinajstić information content (AvgIpc) is 2.69. The minimum atomic E-state index is -4.55.